The van der Waals surface area contributed by atoms with Gasteiger partial charge in [-0.1, -0.05) is 6.07 Å². The summed E-state index contributed by atoms with van der Waals surface area (Å²) in [5.41, 5.74) is 7.45. The van der Waals surface area contributed by atoms with Crippen molar-refractivity contribution >= 4 is 0 Å². The summed E-state index contributed by atoms with van der Waals surface area (Å²) in [7, 11) is 3.95. The van der Waals surface area contributed by atoms with Crippen molar-refractivity contribution in [3.05, 3.63) is 29.3 Å². The van der Waals surface area contributed by atoms with E-state index in [9.17, 15) is 10.2 Å². The van der Waals surface area contributed by atoms with Gasteiger partial charge in [0.25, 0.3) is 0 Å². The van der Waals surface area contributed by atoms with Gasteiger partial charge in [0.1, 0.15) is 5.75 Å². The van der Waals surface area contributed by atoms with Gasteiger partial charge in [-0.25, -0.2) is 0 Å². The van der Waals surface area contributed by atoms with Crippen molar-refractivity contribution in [2.24, 2.45) is 5.73 Å². The molecule has 1 aromatic carbocycles. The van der Waals surface area contributed by atoms with E-state index >= 15 is 0 Å². The van der Waals surface area contributed by atoms with Crippen LogP contribution in [0.5, 0.6) is 5.75 Å². The Morgan fingerprint density at radius 3 is 2.53 bits per heavy atom. The highest BCUT2D eigenvalue weighted by atomic mass is 16.3. The van der Waals surface area contributed by atoms with E-state index in [0.717, 1.165) is 24.1 Å². The number of aromatic hydroxyl groups is 1. The summed E-state index contributed by atoms with van der Waals surface area (Å²) in [6, 6.07) is 4.78. The van der Waals surface area contributed by atoms with Crippen LogP contribution < -0.4 is 5.73 Å². The van der Waals surface area contributed by atoms with Crippen LogP contribution in [0.25, 0.3) is 0 Å². The number of nitrogens with zero attached hydrogens (tertiary/aromatic N) is 1. The number of benzene rings is 1. The Morgan fingerprint density at radius 1 is 1.35 bits per heavy atom. The van der Waals surface area contributed by atoms with E-state index in [2.05, 4.69) is 0 Å². The Balaban J connectivity index is 2.67. The Bertz CT molecular complexity index is 366. The van der Waals surface area contributed by atoms with Gasteiger partial charge >= 0.3 is 0 Å². The van der Waals surface area contributed by atoms with Crippen LogP contribution in [0.15, 0.2) is 18.2 Å². The van der Waals surface area contributed by atoms with Crippen molar-refractivity contribution in [3.63, 3.8) is 0 Å². The summed E-state index contributed by atoms with van der Waals surface area (Å²) in [5.74, 6) is 0.239. The summed E-state index contributed by atoms with van der Waals surface area (Å²) in [5, 5.41) is 19.5. The maximum Gasteiger partial charge on any atom is 0.118 e. The molecule has 4 N–H and O–H groups in total. The monoisotopic (exact) mass is 238 g/mol. The molecule has 2 unspecified atom stereocenters. The van der Waals surface area contributed by atoms with Gasteiger partial charge in [-0.15, -0.1) is 0 Å². The van der Waals surface area contributed by atoms with Crippen molar-refractivity contribution in [1.29, 1.82) is 0 Å². The van der Waals surface area contributed by atoms with Gasteiger partial charge in [-0.2, -0.15) is 0 Å². The predicted molar refractivity (Wildman–Crippen MR) is 69.0 cm³/mol. The Labute approximate surface area is 103 Å². The molecule has 17 heavy (non-hydrogen) atoms. The fourth-order valence-electron chi connectivity index (χ4n) is 1.67. The molecule has 0 fully saturated rings. The van der Waals surface area contributed by atoms with Crippen molar-refractivity contribution < 1.29 is 10.2 Å². The van der Waals surface area contributed by atoms with Crippen LogP contribution in [0.4, 0.5) is 0 Å². The quantitative estimate of drug-likeness (QED) is 0.716. The van der Waals surface area contributed by atoms with E-state index in [0.29, 0.717) is 0 Å². The van der Waals surface area contributed by atoms with Crippen LogP contribution in [0.1, 0.15) is 23.7 Å². The molecule has 0 saturated carbocycles. The number of phenols is 1. The fourth-order valence-corrected chi connectivity index (χ4v) is 1.67. The zero-order valence-corrected chi connectivity index (χ0v) is 10.7. The number of rotatable bonds is 5. The molecule has 0 bridgehead atoms. The van der Waals surface area contributed by atoms with Gasteiger partial charge in [0, 0.05) is 6.04 Å². The van der Waals surface area contributed by atoms with Crippen LogP contribution in [0, 0.1) is 6.92 Å². The molecular formula is C13H22N2O2. The number of phenolic OH excluding ortho intramolecular Hbond substituents is 1. The van der Waals surface area contributed by atoms with Crippen LogP contribution >= 0.6 is 0 Å². The molecule has 4 heteroatoms. The lowest BCUT2D eigenvalue weighted by atomic mass is 9.98. The van der Waals surface area contributed by atoms with Crippen LogP contribution in [-0.2, 0) is 0 Å². The van der Waals surface area contributed by atoms with E-state index in [-0.39, 0.29) is 11.8 Å². The average Bonchev–Trinajstić information content (AvgIpc) is 2.28. The molecule has 0 radical (unpaired) electrons. The van der Waals surface area contributed by atoms with Gasteiger partial charge in [-0.05, 0) is 57.2 Å². The number of aliphatic hydroxyl groups excluding tert-OH is 1. The summed E-state index contributed by atoms with van der Waals surface area (Å²) in [4.78, 5) is 2.04. The van der Waals surface area contributed by atoms with Gasteiger partial charge in [-0.3, -0.25) is 0 Å². The molecule has 0 saturated heterocycles. The molecule has 0 aliphatic heterocycles. The predicted octanol–water partition coefficient (Wildman–Crippen LogP) is 1.01. The van der Waals surface area contributed by atoms with E-state index < -0.39 is 6.10 Å². The van der Waals surface area contributed by atoms with Crippen molar-refractivity contribution in [3.8, 4) is 5.75 Å². The zero-order chi connectivity index (χ0) is 13.0. The van der Waals surface area contributed by atoms with Crippen molar-refractivity contribution in [2.45, 2.75) is 25.5 Å². The van der Waals surface area contributed by atoms with E-state index in [1.807, 2.05) is 19.0 Å². The zero-order valence-electron chi connectivity index (χ0n) is 10.7. The maximum absolute atomic E-state index is 10.1. The number of aliphatic hydroxyl groups is 1. The summed E-state index contributed by atoms with van der Waals surface area (Å²) < 4.78 is 0. The summed E-state index contributed by atoms with van der Waals surface area (Å²) in [6.45, 7) is 2.65. The molecular weight excluding hydrogens is 216 g/mol. The first-order valence-electron chi connectivity index (χ1n) is 5.79. The third kappa shape index (κ3) is 4.00. The fraction of sp³-hybridized carbons (Fsp3) is 0.538. The average molecular weight is 238 g/mol. The lowest BCUT2D eigenvalue weighted by molar-refractivity contribution is 0.137. The van der Waals surface area contributed by atoms with E-state index in [1.54, 1.807) is 25.1 Å². The van der Waals surface area contributed by atoms with E-state index in [1.165, 1.54) is 0 Å². The maximum atomic E-state index is 10.1. The largest absolute Gasteiger partial charge is 0.508 e. The lowest BCUT2D eigenvalue weighted by Gasteiger charge is -2.21. The highest BCUT2D eigenvalue weighted by Gasteiger charge is 2.17. The summed E-state index contributed by atoms with van der Waals surface area (Å²) in [6.07, 6.45) is 0.0444. The smallest absolute Gasteiger partial charge is 0.118 e. The van der Waals surface area contributed by atoms with Gasteiger partial charge in [0.2, 0.25) is 0 Å². The number of hydrogen-bond acceptors (Lipinski definition) is 4. The SMILES string of the molecule is Cc1cc(C(O)C(N)CCN(C)C)ccc1O. The minimum atomic E-state index is -0.686. The molecule has 0 aliphatic rings. The first kappa shape index (κ1) is 14.0. The van der Waals surface area contributed by atoms with Crippen LogP contribution in [0.2, 0.25) is 0 Å². The minimum absolute atomic E-state index is 0.239. The minimum Gasteiger partial charge on any atom is -0.508 e. The van der Waals surface area contributed by atoms with Crippen LogP contribution in [-0.4, -0.2) is 41.8 Å². The molecule has 0 aliphatic carbocycles. The Hall–Kier alpha value is -1.10. The van der Waals surface area contributed by atoms with Gasteiger partial charge in [0.15, 0.2) is 0 Å². The molecule has 0 amide bonds. The summed E-state index contributed by atoms with van der Waals surface area (Å²) >= 11 is 0. The van der Waals surface area contributed by atoms with Gasteiger partial charge < -0.3 is 20.8 Å². The Kier molecular flexibility index (Phi) is 4.93. The topological polar surface area (TPSA) is 69.7 Å². The number of hydrogen-bond donors (Lipinski definition) is 3. The second kappa shape index (κ2) is 6.00. The molecule has 0 spiro atoms. The van der Waals surface area contributed by atoms with Crippen molar-refractivity contribution in [1.82, 2.24) is 4.90 Å². The first-order chi connectivity index (χ1) is 7.91. The van der Waals surface area contributed by atoms with Crippen LogP contribution in [0.3, 0.4) is 0 Å². The highest BCUT2D eigenvalue weighted by Crippen LogP contribution is 2.23. The van der Waals surface area contributed by atoms with Gasteiger partial charge in [0.05, 0.1) is 6.10 Å². The second-order valence-electron chi connectivity index (χ2n) is 4.75. The normalized spacial score (nSPS) is 14.9. The second-order valence-corrected chi connectivity index (χ2v) is 4.75. The third-order valence-electron chi connectivity index (χ3n) is 2.88. The molecule has 0 aromatic heterocycles. The highest BCUT2D eigenvalue weighted by molar-refractivity contribution is 5.36. The molecule has 96 valence electrons. The molecule has 1 aromatic rings. The standard InChI is InChI=1S/C13H22N2O2/c1-9-8-10(4-5-12(9)16)13(17)11(14)6-7-15(2)3/h4-5,8,11,13,16-17H,6-7,14H2,1-3H3. The molecule has 4 nitrogen and oxygen atoms in total. The first-order valence-corrected chi connectivity index (χ1v) is 5.79. The van der Waals surface area contributed by atoms with Crippen molar-refractivity contribution in [2.75, 3.05) is 20.6 Å². The lowest BCUT2D eigenvalue weighted by Crippen LogP contribution is -2.32. The Morgan fingerprint density at radius 2 is 2.00 bits per heavy atom. The number of aryl methyl sites for hydroxylation is 1. The molecule has 1 rings (SSSR count). The molecule has 2 atom stereocenters. The molecule has 0 heterocycles. The van der Waals surface area contributed by atoms with E-state index in [4.69, 9.17) is 5.73 Å². The third-order valence-corrected chi connectivity index (χ3v) is 2.88. The number of nitrogens with two attached hydrogens (primary N) is 1.